The third-order valence-electron chi connectivity index (χ3n) is 0.142. The summed E-state index contributed by atoms with van der Waals surface area (Å²) in [7, 11) is 0. The maximum atomic E-state index is 9.45. The van der Waals surface area contributed by atoms with Crippen molar-refractivity contribution in [2.45, 2.75) is 6.92 Å². The van der Waals surface area contributed by atoms with Gasteiger partial charge in [-0.05, 0) is 6.58 Å². The van der Waals surface area contributed by atoms with E-state index in [2.05, 4.69) is 6.58 Å². The van der Waals surface area contributed by atoms with Gasteiger partial charge >= 0.3 is 11.7 Å². The van der Waals surface area contributed by atoms with Crippen molar-refractivity contribution in [1.29, 1.82) is 0 Å². The predicted molar refractivity (Wildman–Crippen MR) is 22.9 cm³/mol. The van der Waals surface area contributed by atoms with Crippen LogP contribution in [-0.4, -0.2) is 0 Å². The minimum absolute atomic E-state index is 0.435. The van der Waals surface area contributed by atoms with Gasteiger partial charge in [-0.3, -0.25) is 0 Å². The van der Waals surface area contributed by atoms with E-state index < -0.39 is 0 Å². The summed E-state index contributed by atoms with van der Waals surface area (Å²) in [6.07, 6.45) is 0. The lowest BCUT2D eigenvalue weighted by Gasteiger charge is -1.43. The van der Waals surface area contributed by atoms with Gasteiger partial charge in [0, 0.05) is 11.1 Å². The van der Waals surface area contributed by atoms with Crippen LogP contribution in [-0.2, 0) is 15.9 Å². The first-order chi connectivity index (χ1) is 2.27. The van der Waals surface area contributed by atoms with Crippen LogP contribution in [0.1, 0.15) is 6.92 Å². The summed E-state index contributed by atoms with van der Waals surface area (Å²) in [6.45, 7) is 5.00. The van der Waals surface area contributed by atoms with E-state index in [0.717, 1.165) is 0 Å². The minimum atomic E-state index is 0.435. The third-order valence-corrected chi connectivity index (χ3v) is 0.427. The lowest BCUT2D eigenvalue weighted by Crippen LogP contribution is -1.55. The standard InChI is InChI=1S/C3H5OS/c1-3(2)5-4/h1H2,2H3/q+1. The molecule has 0 atom stereocenters. The summed E-state index contributed by atoms with van der Waals surface area (Å²) < 4.78 is 9.45. The number of rotatable bonds is 1. The summed E-state index contributed by atoms with van der Waals surface area (Å²) in [5.41, 5.74) is 0. The first kappa shape index (κ1) is 4.76. The van der Waals surface area contributed by atoms with Crippen molar-refractivity contribution in [1.82, 2.24) is 0 Å². The smallest absolute Gasteiger partial charge is 0.0332 e. The molecule has 0 saturated carbocycles. The van der Waals surface area contributed by atoms with Crippen LogP contribution >= 0.6 is 0 Å². The second-order valence-corrected chi connectivity index (χ2v) is 1.65. The first-order valence-electron chi connectivity index (χ1n) is 1.22. The van der Waals surface area contributed by atoms with Gasteiger partial charge in [0.1, 0.15) is 0 Å². The molecule has 0 bridgehead atoms. The van der Waals surface area contributed by atoms with Crippen molar-refractivity contribution in [3.63, 3.8) is 0 Å². The fourth-order valence-corrected chi connectivity index (χ4v) is 0. The van der Waals surface area contributed by atoms with Crippen LogP contribution in [0.5, 0.6) is 0 Å². The largest absolute Gasteiger partial charge is 0.499 e. The second kappa shape index (κ2) is 2.03. The normalized spacial score (nSPS) is 6.60. The molecule has 5 heavy (non-hydrogen) atoms. The maximum absolute atomic E-state index is 9.45. The highest BCUT2D eigenvalue weighted by Gasteiger charge is 1.91. The van der Waals surface area contributed by atoms with E-state index in [1.54, 1.807) is 6.92 Å². The molecule has 0 spiro atoms. The highest BCUT2D eigenvalue weighted by molar-refractivity contribution is 7.70. The average Bonchev–Trinajstić information content (AvgIpc) is 1.38. The van der Waals surface area contributed by atoms with E-state index in [1.807, 2.05) is 0 Å². The van der Waals surface area contributed by atoms with Crippen molar-refractivity contribution in [2.75, 3.05) is 0 Å². The van der Waals surface area contributed by atoms with Crippen molar-refractivity contribution in [3.8, 4) is 0 Å². The summed E-state index contributed by atoms with van der Waals surface area (Å²) in [6, 6.07) is 0. The molecule has 0 heterocycles. The van der Waals surface area contributed by atoms with E-state index >= 15 is 0 Å². The Morgan fingerprint density at radius 1 is 2.00 bits per heavy atom. The Hall–Kier alpha value is -0.240. The van der Waals surface area contributed by atoms with E-state index in [0.29, 0.717) is 16.6 Å². The fourth-order valence-electron chi connectivity index (χ4n) is 0. The zero-order valence-electron chi connectivity index (χ0n) is 3.02. The molecule has 0 aliphatic rings. The lowest BCUT2D eigenvalue weighted by molar-refractivity contribution is 0.607. The van der Waals surface area contributed by atoms with Gasteiger partial charge in [0.15, 0.2) is 0 Å². The summed E-state index contributed by atoms with van der Waals surface area (Å²) in [5, 5.41) is 0. The zero-order valence-corrected chi connectivity index (χ0v) is 3.84. The van der Waals surface area contributed by atoms with Crippen LogP contribution in [0, 0.1) is 0 Å². The van der Waals surface area contributed by atoms with Gasteiger partial charge in [-0.15, -0.1) is 0 Å². The molecular formula is C3H5OS+. The highest BCUT2D eigenvalue weighted by atomic mass is 32.1. The predicted octanol–water partition coefficient (Wildman–Crippen LogP) is 0.948. The van der Waals surface area contributed by atoms with Crippen molar-refractivity contribution >= 4 is 11.7 Å². The molecule has 0 saturated heterocycles. The van der Waals surface area contributed by atoms with Crippen LogP contribution in [0.3, 0.4) is 0 Å². The van der Waals surface area contributed by atoms with Gasteiger partial charge in [0.05, 0.1) is 0 Å². The summed E-state index contributed by atoms with van der Waals surface area (Å²) in [5.74, 6) is 0. The van der Waals surface area contributed by atoms with Gasteiger partial charge in [0.25, 0.3) is 4.91 Å². The molecule has 0 unspecified atom stereocenters. The topological polar surface area (TPSA) is 17.1 Å². The minimum Gasteiger partial charge on any atom is -0.0332 e. The van der Waals surface area contributed by atoms with Gasteiger partial charge in [0.2, 0.25) is 0 Å². The molecule has 2 heteroatoms. The van der Waals surface area contributed by atoms with Crippen molar-refractivity contribution in [3.05, 3.63) is 11.5 Å². The quantitative estimate of drug-likeness (QED) is 0.437. The Morgan fingerprint density at radius 2 is 2.20 bits per heavy atom. The molecule has 0 aliphatic heterocycles. The lowest BCUT2D eigenvalue weighted by atomic mass is 10.8. The Morgan fingerprint density at radius 3 is 2.20 bits per heavy atom. The van der Waals surface area contributed by atoms with E-state index in [9.17, 15) is 4.21 Å². The molecule has 0 aromatic heterocycles. The van der Waals surface area contributed by atoms with E-state index in [1.165, 1.54) is 0 Å². The van der Waals surface area contributed by atoms with Crippen LogP contribution in [0.15, 0.2) is 11.5 Å². The second-order valence-electron chi connectivity index (χ2n) is 0.785. The SMILES string of the molecule is C=C(C)[S+]=O. The molecule has 0 radical (unpaired) electrons. The number of hydrogen-bond donors (Lipinski definition) is 0. The highest BCUT2D eigenvalue weighted by Crippen LogP contribution is 1.76. The van der Waals surface area contributed by atoms with Gasteiger partial charge in [-0.1, -0.05) is 0 Å². The zero-order chi connectivity index (χ0) is 4.28. The van der Waals surface area contributed by atoms with E-state index in [-0.39, 0.29) is 0 Å². The molecule has 0 aromatic rings. The molecule has 0 fully saturated rings. The Balaban J connectivity index is 3.20. The maximum Gasteiger partial charge on any atom is 0.499 e. The van der Waals surface area contributed by atoms with Crippen LogP contribution in [0.4, 0.5) is 0 Å². The average molecular weight is 89.1 g/mol. The van der Waals surface area contributed by atoms with Gasteiger partial charge < -0.3 is 0 Å². The molecule has 28 valence electrons. The number of hydrogen-bond acceptors (Lipinski definition) is 1. The van der Waals surface area contributed by atoms with Crippen molar-refractivity contribution in [2.24, 2.45) is 0 Å². The van der Waals surface area contributed by atoms with Gasteiger partial charge in [-0.2, -0.15) is 0 Å². The Labute approximate surface area is 35.2 Å². The fraction of sp³-hybridized carbons (Fsp3) is 0.333. The van der Waals surface area contributed by atoms with Crippen molar-refractivity contribution < 1.29 is 4.21 Å². The summed E-state index contributed by atoms with van der Waals surface area (Å²) in [4.78, 5) is 0.616. The molecule has 0 aromatic carbocycles. The van der Waals surface area contributed by atoms with Crippen LogP contribution in [0.2, 0.25) is 0 Å². The Kier molecular flexibility index (Phi) is 1.93. The summed E-state index contributed by atoms with van der Waals surface area (Å²) >= 11 is 0.435. The third kappa shape index (κ3) is 3.76. The van der Waals surface area contributed by atoms with Crippen LogP contribution < -0.4 is 0 Å². The van der Waals surface area contributed by atoms with Gasteiger partial charge in [-0.25, -0.2) is 0 Å². The van der Waals surface area contributed by atoms with Crippen LogP contribution in [0.25, 0.3) is 0 Å². The Bertz CT molecular complexity index is 57.9. The molecule has 1 nitrogen and oxygen atoms in total. The molecule has 0 amide bonds. The first-order valence-corrected chi connectivity index (χ1v) is 1.97. The van der Waals surface area contributed by atoms with E-state index in [4.69, 9.17) is 0 Å². The number of allylic oxidation sites excluding steroid dienone is 1. The molecular weight excluding hydrogens is 84.1 g/mol. The molecule has 0 N–H and O–H groups in total. The monoisotopic (exact) mass is 89.0 g/mol. The molecule has 0 rings (SSSR count). The molecule has 0 aliphatic carbocycles.